The molecule has 0 unspecified atom stereocenters. The van der Waals surface area contributed by atoms with E-state index in [-0.39, 0.29) is 26.1 Å². The lowest BCUT2D eigenvalue weighted by molar-refractivity contribution is -0.279. The highest BCUT2D eigenvalue weighted by Crippen LogP contribution is 2.43. The Morgan fingerprint density at radius 2 is 0.754 bits per heavy atom. The summed E-state index contributed by atoms with van der Waals surface area (Å²) in [5, 5.41) is 12.9. The first kappa shape index (κ1) is 85.1. The van der Waals surface area contributed by atoms with Gasteiger partial charge in [0.2, 0.25) is 6.29 Å². The highest BCUT2D eigenvalue weighted by molar-refractivity contribution is 5.73. The molecule has 0 aromatic heterocycles. The number of allylic oxidation sites excluding steroid dienone is 1. The lowest BCUT2D eigenvalue weighted by atomic mass is 9.81. The quantitative estimate of drug-likeness (QED) is 0.0177. The van der Waals surface area contributed by atoms with Crippen LogP contribution in [-0.4, -0.2) is 227 Å². The fourth-order valence-electron chi connectivity index (χ4n) is 12.4. The van der Waals surface area contributed by atoms with Crippen LogP contribution in [0.1, 0.15) is 34.2 Å². The molecular weight excluding hydrogens is 1510 g/mol. The number of carbonyl (C=O) groups excluding carboxylic acids is 12. The number of aldehydes is 1. The molecule has 3 fully saturated rings. The number of ether oxygens (including phenoxy) is 22. The number of rotatable bonds is 29. The number of carbonyl (C=O) groups is 12. The summed E-state index contributed by atoms with van der Waals surface area (Å²) in [7, 11) is 5.46. The fraction of sp³-hybridized carbons (Fsp3) is 0.413. The zero-order chi connectivity index (χ0) is 81.5. The maximum absolute atomic E-state index is 14.6. The predicted octanol–water partition coefficient (Wildman–Crippen LogP) is 7.36. The third kappa shape index (κ3) is 24.8. The van der Waals surface area contributed by atoms with Gasteiger partial charge >= 0.3 is 67.4 Å². The average molecular weight is 1600 g/mol. The molecule has 0 bridgehead atoms. The Balaban J connectivity index is 1.24. The van der Waals surface area contributed by atoms with E-state index >= 15 is 0 Å². The molecule has 3 heterocycles. The summed E-state index contributed by atoms with van der Waals surface area (Å²) in [5.41, 5.74) is 2.45. The van der Waals surface area contributed by atoms with Gasteiger partial charge in [-0.25, -0.2) is 52.7 Å². The molecule has 39 nitrogen and oxygen atoms in total. The standard InChI is InChI=1S/C75H83N5O34/c1-93-70(87)104-41-52-53(59-55(80-69(86)103-40-46-30-20-11-21-31-46)61(114-75(92)98-6)58(112-73(90)96-4)51(106-59)34-76-65(82)99-36-42-22-12-7-13-23-42)60(113-74(91)97-5)64(107-52)110-62-56(109-63-54(50(108-71(88)94-2)32-47(35-81)105-63)79-68(85)102-39-45-28-18-10-19-29-45)48(77-66(83)100-37-43-24-14-8-15-25-43)33-49(57(62)111-72(89)95-3)78-67(84)101-38-44-26-16-9-17-27-44/h7-32,35,48-64H,33-34,36-41H2,1-6H3,(H,76,82)(H,77,83)(H,78,84)(H,79,85)(H,80,86)/t48-,49+,50-,51-,52+,53-,54+,55-,56+,57-,58+,59+,60+,61+,62-,63+,64-/m0/s1. The second-order valence-electron chi connectivity index (χ2n) is 24.8. The minimum atomic E-state index is -2.38. The molecule has 0 radical (unpaired) electrons. The lowest BCUT2D eigenvalue weighted by Gasteiger charge is -2.48. The highest BCUT2D eigenvalue weighted by Gasteiger charge is 2.63. The largest absolute Gasteiger partial charge is 0.508 e. The van der Waals surface area contributed by atoms with Crippen LogP contribution >= 0.6 is 0 Å². The van der Waals surface area contributed by atoms with Crippen molar-refractivity contribution in [1.29, 1.82) is 0 Å². The topological polar surface area (TPSA) is 468 Å². The molecule has 3 aliphatic heterocycles. The molecule has 9 rings (SSSR count). The summed E-state index contributed by atoms with van der Waals surface area (Å²) in [4.78, 5) is 167. The molecule has 5 aromatic carbocycles. The summed E-state index contributed by atoms with van der Waals surface area (Å²) in [6.07, 6.45) is -39.8. The molecule has 114 heavy (non-hydrogen) atoms. The number of amides is 5. The third-order valence-electron chi connectivity index (χ3n) is 17.6. The zero-order valence-electron chi connectivity index (χ0n) is 61.9. The Morgan fingerprint density at radius 1 is 0.377 bits per heavy atom. The number of hydrogen-bond acceptors (Lipinski definition) is 34. The van der Waals surface area contributed by atoms with E-state index < -0.39 is 210 Å². The molecule has 5 aromatic rings. The summed E-state index contributed by atoms with van der Waals surface area (Å²) < 4.78 is 127. The molecule has 4 aliphatic rings. The van der Waals surface area contributed by atoms with E-state index in [0.717, 1.165) is 48.7 Å². The Kier molecular flexibility index (Phi) is 32.2. The smallest absolute Gasteiger partial charge is 0.459 e. The lowest BCUT2D eigenvalue weighted by Crippen LogP contribution is -2.70. The Bertz CT molecular complexity index is 4040. The minimum absolute atomic E-state index is 0.156. The maximum Gasteiger partial charge on any atom is 0.508 e. The van der Waals surface area contributed by atoms with Gasteiger partial charge in [0.05, 0.1) is 79.4 Å². The first-order valence-corrected chi connectivity index (χ1v) is 34.9. The maximum atomic E-state index is 14.6. The van der Waals surface area contributed by atoms with Crippen molar-refractivity contribution in [3.8, 4) is 0 Å². The SMILES string of the molecule is COC(=O)OC[C@H]1O[C@@H](O[C@@H]2[C@@H](OC(=O)OC)[C@H](NC(=O)OCc3ccccc3)C[C@H](NC(=O)OCc3ccccc3)[C@H]2O[C@H]2OC(C=O)=C[C@H](OC(=O)OC)[C@H]2NC(=O)OCc2ccccc2)[C@H](OC(=O)OC)[C@@H]1[C@H]1O[C@@H](CNC(=O)OCc2ccccc2)[C@@H](OC(=O)OC)[C@H](OC(=O)OC)[C@H]1NC(=O)OCc1ccccc1. The summed E-state index contributed by atoms with van der Waals surface area (Å²) in [6, 6.07) is 34.1. The van der Waals surface area contributed by atoms with E-state index in [1.807, 2.05) is 0 Å². The summed E-state index contributed by atoms with van der Waals surface area (Å²) in [6.45, 7) is -3.67. The monoisotopic (exact) mass is 1600 g/mol. The van der Waals surface area contributed by atoms with Crippen LogP contribution in [0, 0.1) is 5.92 Å². The molecule has 1 saturated carbocycles. The second kappa shape index (κ2) is 43.1. The van der Waals surface area contributed by atoms with Crippen LogP contribution in [0.2, 0.25) is 0 Å². The predicted molar refractivity (Wildman–Crippen MR) is 378 cm³/mol. The van der Waals surface area contributed by atoms with Crippen LogP contribution in [0.4, 0.5) is 52.7 Å². The summed E-state index contributed by atoms with van der Waals surface area (Å²) >= 11 is 0. The molecule has 5 amide bonds. The number of benzene rings is 5. The first-order chi connectivity index (χ1) is 55.2. The van der Waals surface area contributed by atoms with E-state index in [1.54, 1.807) is 152 Å². The van der Waals surface area contributed by atoms with Gasteiger partial charge in [-0.15, -0.1) is 0 Å². The normalized spacial score (nSPS) is 24.5. The number of alkyl carbamates (subject to hydrolysis) is 5. The highest BCUT2D eigenvalue weighted by atomic mass is 16.8. The van der Waals surface area contributed by atoms with Crippen molar-refractivity contribution in [2.75, 3.05) is 55.8 Å². The number of nitrogens with one attached hydrogen (secondary N) is 5. The Morgan fingerprint density at radius 3 is 1.19 bits per heavy atom. The molecule has 1 aliphatic carbocycles. The zero-order valence-corrected chi connectivity index (χ0v) is 61.9. The molecule has 17 atom stereocenters. The molecule has 612 valence electrons. The van der Waals surface area contributed by atoms with E-state index in [0.29, 0.717) is 27.8 Å². The Labute approximate surface area is 650 Å². The van der Waals surface area contributed by atoms with Crippen molar-refractivity contribution in [2.24, 2.45) is 5.92 Å². The van der Waals surface area contributed by atoms with Crippen molar-refractivity contribution < 1.29 is 162 Å². The van der Waals surface area contributed by atoms with E-state index in [9.17, 15) is 57.5 Å². The number of methoxy groups -OCH3 is 6. The second-order valence-corrected chi connectivity index (χ2v) is 24.8. The average Bonchev–Trinajstić information content (AvgIpc) is 1.52. The molecule has 5 N–H and O–H groups in total. The Hall–Kier alpha value is -12.9. The van der Waals surface area contributed by atoms with Crippen molar-refractivity contribution in [3.63, 3.8) is 0 Å². The van der Waals surface area contributed by atoms with Gasteiger partial charge in [0, 0.05) is 6.08 Å². The van der Waals surface area contributed by atoms with Gasteiger partial charge < -0.3 is 131 Å². The summed E-state index contributed by atoms with van der Waals surface area (Å²) in [5.74, 6) is -2.60. The minimum Gasteiger partial charge on any atom is -0.459 e. The van der Waals surface area contributed by atoms with E-state index in [4.69, 9.17) is 104 Å². The van der Waals surface area contributed by atoms with Crippen LogP contribution < -0.4 is 26.6 Å². The van der Waals surface area contributed by atoms with Crippen molar-refractivity contribution >= 4 is 73.7 Å². The first-order valence-electron chi connectivity index (χ1n) is 34.9. The van der Waals surface area contributed by atoms with Crippen LogP contribution in [0.25, 0.3) is 0 Å². The molecule has 39 heteroatoms. The van der Waals surface area contributed by atoms with Crippen LogP contribution in [0.5, 0.6) is 0 Å². The van der Waals surface area contributed by atoms with Gasteiger partial charge in [-0.3, -0.25) is 4.79 Å². The van der Waals surface area contributed by atoms with Crippen LogP contribution in [0.15, 0.2) is 163 Å². The van der Waals surface area contributed by atoms with Crippen LogP contribution in [0.3, 0.4) is 0 Å². The van der Waals surface area contributed by atoms with Gasteiger partial charge in [-0.1, -0.05) is 152 Å². The number of hydrogen-bond donors (Lipinski definition) is 5. The van der Waals surface area contributed by atoms with Gasteiger partial charge in [-0.05, 0) is 34.2 Å². The van der Waals surface area contributed by atoms with Crippen molar-refractivity contribution in [3.05, 3.63) is 191 Å². The van der Waals surface area contributed by atoms with Crippen LogP contribution in [-0.2, 0) is 142 Å². The van der Waals surface area contributed by atoms with Crippen molar-refractivity contribution in [1.82, 2.24) is 26.6 Å². The fourth-order valence-corrected chi connectivity index (χ4v) is 12.4. The molecule has 2 saturated heterocycles. The third-order valence-corrected chi connectivity index (χ3v) is 17.6. The van der Waals surface area contributed by atoms with Gasteiger partial charge in [0.25, 0.3) is 0 Å². The molecule has 0 spiro atoms. The van der Waals surface area contributed by atoms with Gasteiger partial charge in [-0.2, -0.15) is 0 Å². The van der Waals surface area contributed by atoms with E-state index in [2.05, 4.69) is 26.6 Å². The van der Waals surface area contributed by atoms with Crippen molar-refractivity contribution in [2.45, 2.75) is 137 Å². The van der Waals surface area contributed by atoms with Gasteiger partial charge in [0.1, 0.15) is 70.1 Å². The van der Waals surface area contributed by atoms with E-state index in [1.165, 1.54) is 0 Å². The molecular formula is C75H83N5O34. The van der Waals surface area contributed by atoms with Gasteiger partial charge in [0.15, 0.2) is 48.9 Å².